The Bertz CT molecular complexity index is 644. The van der Waals surface area contributed by atoms with Crippen molar-refractivity contribution in [1.82, 2.24) is 9.29 Å². The zero-order valence-electron chi connectivity index (χ0n) is 11.8. The van der Waals surface area contributed by atoms with E-state index < -0.39 is 15.6 Å². The van der Waals surface area contributed by atoms with Crippen molar-refractivity contribution in [3.8, 4) is 0 Å². The number of piperidine rings is 1. The molecule has 0 amide bonds. The molecule has 1 atom stereocenters. The predicted octanol–water partition coefficient (Wildman–Crippen LogP) is 1.61. The summed E-state index contributed by atoms with van der Waals surface area (Å²) >= 11 is 5.70. The van der Waals surface area contributed by atoms with Gasteiger partial charge in [-0.15, -0.1) is 0 Å². The molecular weight excluding hydrogens is 316 g/mol. The van der Waals surface area contributed by atoms with Crippen LogP contribution in [-0.2, 0) is 14.8 Å². The molecule has 1 saturated heterocycles. The Kier molecular flexibility index (Phi) is 5.43. The molecule has 1 aromatic heterocycles. The van der Waals surface area contributed by atoms with Crippen LogP contribution in [0.5, 0.6) is 0 Å². The van der Waals surface area contributed by atoms with Gasteiger partial charge in [-0.1, -0.05) is 18.5 Å². The Balaban J connectivity index is 2.18. The van der Waals surface area contributed by atoms with Gasteiger partial charge in [-0.05, 0) is 25.3 Å². The number of H-pyrrole nitrogens is 1. The van der Waals surface area contributed by atoms with E-state index >= 15 is 0 Å². The van der Waals surface area contributed by atoms with E-state index in [1.165, 1.54) is 16.6 Å². The fourth-order valence-electron chi connectivity index (χ4n) is 2.28. The highest BCUT2D eigenvalue weighted by molar-refractivity contribution is 7.89. The molecule has 0 radical (unpaired) electrons. The quantitative estimate of drug-likeness (QED) is 0.887. The van der Waals surface area contributed by atoms with Gasteiger partial charge in [0.15, 0.2) is 0 Å². The van der Waals surface area contributed by atoms with Crippen LogP contribution in [0.15, 0.2) is 22.0 Å². The van der Waals surface area contributed by atoms with E-state index in [1.807, 2.05) is 6.92 Å². The molecule has 0 saturated carbocycles. The average molecular weight is 335 g/mol. The number of aromatic nitrogens is 1. The Morgan fingerprint density at radius 1 is 1.52 bits per heavy atom. The molecule has 0 spiro atoms. The maximum Gasteiger partial charge on any atom is 0.266 e. The van der Waals surface area contributed by atoms with E-state index in [0.717, 1.165) is 19.3 Å². The Hall–Kier alpha value is -0.890. The summed E-state index contributed by atoms with van der Waals surface area (Å²) in [6, 6.07) is 1.19. The number of halogens is 1. The van der Waals surface area contributed by atoms with Gasteiger partial charge in [-0.25, -0.2) is 8.42 Å². The van der Waals surface area contributed by atoms with Gasteiger partial charge in [0.05, 0.1) is 11.0 Å². The smallest absolute Gasteiger partial charge is 0.266 e. The summed E-state index contributed by atoms with van der Waals surface area (Å²) in [6.07, 6.45) is 3.62. The topological polar surface area (TPSA) is 79.5 Å². The van der Waals surface area contributed by atoms with Gasteiger partial charge in [0, 0.05) is 25.9 Å². The van der Waals surface area contributed by atoms with Crippen molar-refractivity contribution in [2.24, 2.45) is 0 Å². The van der Waals surface area contributed by atoms with E-state index in [2.05, 4.69) is 4.98 Å². The van der Waals surface area contributed by atoms with Gasteiger partial charge in [0.2, 0.25) is 10.0 Å². The molecule has 118 valence electrons. The van der Waals surface area contributed by atoms with E-state index in [1.54, 1.807) is 0 Å². The molecule has 2 rings (SSSR count). The van der Waals surface area contributed by atoms with Crippen LogP contribution in [0.2, 0.25) is 5.02 Å². The number of hydrogen-bond acceptors (Lipinski definition) is 4. The van der Waals surface area contributed by atoms with E-state index in [0.29, 0.717) is 19.7 Å². The second kappa shape index (κ2) is 6.91. The fourth-order valence-corrected chi connectivity index (χ4v) is 4.02. The third-order valence-electron chi connectivity index (χ3n) is 3.37. The summed E-state index contributed by atoms with van der Waals surface area (Å²) in [5, 5.41) is -0.133. The third kappa shape index (κ3) is 3.85. The molecule has 0 aromatic carbocycles. The second-order valence-corrected chi connectivity index (χ2v) is 7.36. The lowest BCUT2D eigenvalue weighted by Crippen LogP contribution is -2.43. The van der Waals surface area contributed by atoms with Gasteiger partial charge < -0.3 is 9.72 Å². The first kappa shape index (κ1) is 16.5. The minimum absolute atomic E-state index is 0.00300. The molecule has 1 aliphatic heterocycles. The fraction of sp³-hybridized carbons (Fsp3) is 0.615. The highest BCUT2D eigenvalue weighted by Crippen LogP contribution is 2.22. The van der Waals surface area contributed by atoms with Gasteiger partial charge in [-0.3, -0.25) is 4.79 Å². The molecule has 21 heavy (non-hydrogen) atoms. The van der Waals surface area contributed by atoms with Crippen LogP contribution in [0.4, 0.5) is 0 Å². The van der Waals surface area contributed by atoms with Crippen molar-refractivity contribution >= 4 is 21.6 Å². The van der Waals surface area contributed by atoms with Crippen LogP contribution in [0, 0.1) is 0 Å². The maximum atomic E-state index is 12.6. The van der Waals surface area contributed by atoms with Crippen LogP contribution >= 0.6 is 11.6 Å². The Labute approximate surface area is 129 Å². The van der Waals surface area contributed by atoms with Crippen LogP contribution in [0.3, 0.4) is 0 Å². The third-order valence-corrected chi connectivity index (χ3v) is 5.49. The standard InChI is InChI=1S/C13H19ClN2O4S/c1-2-6-20-10-4-3-5-16(9-10)21(18,19)11-7-12(14)13(17)15-8-11/h7-8,10H,2-6,9H2,1H3,(H,15,17). The zero-order valence-corrected chi connectivity index (χ0v) is 13.4. The van der Waals surface area contributed by atoms with E-state index in [-0.39, 0.29) is 16.0 Å². The first-order valence-corrected chi connectivity index (χ1v) is 8.77. The number of sulfonamides is 1. The normalized spacial score (nSPS) is 20.6. The molecule has 0 aliphatic carbocycles. The molecule has 1 fully saturated rings. The van der Waals surface area contributed by atoms with Crippen LogP contribution in [-0.4, -0.2) is 43.5 Å². The number of nitrogens with zero attached hydrogens (tertiary/aromatic N) is 1. The van der Waals surface area contributed by atoms with Gasteiger partial charge in [0.1, 0.15) is 5.02 Å². The molecule has 6 nitrogen and oxygen atoms in total. The van der Waals surface area contributed by atoms with Crippen molar-refractivity contribution in [1.29, 1.82) is 0 Å². The number of hydrogen-bond donors (Lipinski definition) is 1. The Morgan fingerprint density at radius 3 is 2.95 bits per heavy atom. The Morgan fingerprint density at radius 2 is 2.29 bits per heavy atom. The van der Waals surface area contributed by atoms with E-state index in [4.69, 9.17) is 16.3 Å². The molecule has 1 aromatic rings. The van der Waals surface area contributed by atoms with Crippen molar-refractivity contribution in [2.45, 2.75) is 37.2 Å². The summed E-state index contributed by atoms with van der Waals surface area (Å²) in [6.45, 7) is 3.42. The first-order valence-electron chi connectivity index (χ1n) is 6.95. The number of aromatic amines is 1. The first-order chi connectivity index (χ1) is 9.95. The van der Waals surface area contributed by atoms with Gasteiger partial charge in [0.25, 0.3) is 5.56 Å². The van der Waals surface area contributed by atoms with Crippen LogP contribution in [0.1, 0.15) is 26.2 Å². The highest BCUT2D eigenvalue weighted by atomic mass is 35.5. The van der Waals surface area contributed by atoms with Crippen molar-refractivity contribution in [2.75, 3.05) is 19.7 Å². The second-order valence-electron chi connectivity index (χ2n) is 5.01. The van der Waals surface area contributed by atoms with Crippen molar-refractivity contribution < 1.29 is 13.2 Å². The lowest BCUT2D eigenvalue weighted by atomic mass is 10.1. The summed E-state index contributed by atoms with van der Waals surface area (Å²) in [5.41, 5.74) is -0.501. The predicted molar refractivity (Wildman–Crippen MR) is 80.1 cm³/mol. The molecular formula is C13H19ClN2O4S. The molecule has 1 aliphatic rings. The summed E-state index contributed by atoms with van der Waals surface area (Å²) in [5.74, 6) is 0. The largest absolute Gasteiger partial charge is 0.377 e. The summed E-state index contributed by atoms with van der Waals surface area (Å²) < 4.78 is 32.2. The van der Waals surface area contributed by atoms with Gasteiger partial charge >= 0.3 is 0 Å². The van der Waals surface area contributed by atoms with Crippen molar-refractivity contribution in [3.05, 3.63) is 27.6 Å². The molecule has 1 N–H and O–H groups in total. The van der Waals surface area contributed by atoms with Crippen molar-refractivity contribution in [3.63, 3.8) is 0 Å². The minimum atomic E-state index is -3.66. The molecule has 0 bridgehead atoms. The van der Waals surface area contributed by atoms with Crippen LogP contribution in [0.25, 0.3) is 0 Å². The molecule has 8 heteroatoms. The molecule has 1 unspecified atom stereocenters. The highest BCUT2D eigenvalue weighted by Gasteiger charge is 2.31. The average Bonchev–Trinajstić information content (AvgIpc) is 2.48. The number of nitrogens with one attached hydrogen (secondary N) is 1. The number of rotatable bonds is 5. The number of pyridine rings is 1. The van der Waals surface area contributed by atoms with Gasteiger partial charge in [-0.2, -0.15) is 4.31 Å². The summed E-state index contributed by atoms with van der Waals surface area (Å²) in [7, 11) is -3.66. The van der Waals surface area contributed by atoms with Crippen LogP contribution < -0.4 is 5.56 Å². The summed E-state index contributed by atoms with van der Waals surface area (Å²) in [4.78, 5) is 13.6. The maximum absolute atomic E-state index is 12.6. The molecule has 2 heterocycles. The monoisotopic (exact) mass is 334 g/mol. The van der Waals surface area contributed by atoms with E-state index in [9.17, 15) is 13.2 Å². The zero-order chi connectivity index (χ0) is 15.5. The SMILES string of the molecule is CCCOC1CCCN(S(=O)(=O)c2c[nH]c(=O)c(Cl)c2)C1. The lowest BCUT2D eigenvalue weighted by molar-refractivity contribution is 0.0193. The number of ether oxygens (including phenoxy) is 1. The minimum Gasteiger partial charge on any atom is -0.377 e. The lowest BCUT2D eigenvalue weighted by Gasteiger charge is -2.31.